The summed E-state index contributed by atoms with van der Waals surface area (Å²) in [5, 5.41) is 7.76. The molecule has 0 aliphatic carbocycles. The minimum Gasteiger partial charge on any atom is -0.464 e. The van der Waals surface area contributed by atoms with Gasteiger partial charge in [-0.25, -0.2) is 5.01 Å². The van der Waals surface area contributed by atoms with Crippen LogP contribution in [0.4, 0.5) is 0 Å². The van der Waals surface area contributed by atoms with Gasteiger partial charge < -0.3 is 4.74 Å². The Morgan fingerprint density at radius 3 is 2.56 bits per heavy atom. The van der Waals surface area contributed by atoms with Crippen LogP contribution in [0.3, 0.4) is 0 Å². The van der Waals surface area contributed by atoms with E-state index in [0.717, 1.165) is 39.0 Å². The molecule has 27 heavy (non-hydrogen) atoms. The Bertz CT molecular complexity index is 1020. The predicted molar refractivity (Wildman–Crippen MR) is 111 cm³/mol. The zero-order valence-corrected chi connectivity index (χ0v) is 16.7. The van der Waals surface area contributed by atoms with Gasteiger partial charge in [0.2, 0.25) is 6.23 Å². The molecular weight excluding hydrogens is 424 g/mol. The molecule has 0 unspecified atom stereocenters. The van der Waals surface area contributed by atoms with E-state index < -0.39 is 0 Å². The first-order valence-electron chi connectivity index (χ1n) is 8.82. The van der Waals surface area contributed by atoms with Gasteiger partial charge in [0.15, 0.2) is 0 Å². The second-order valence-corrected chi connectivity index (χ2v) is 8.07. The summed E-state index contributed by atoms with van der Waals surface area (Å²) in [6, 6.07) is 24.5. The van der Waals surface area contributed by atoms with E-state index in [2.05, 4.69) is 39.1 Å². The molecule has 2 aliphatic rings. The molecule has 2 aliphatic heterocycles. The molecule has 2 atom stereocenters. The Morgan fingerprint density at radius 1 is 1.00 bits per heavy atom. The number of halogens is 2. The third-order valence-electron chi connectivity index (χ3n) is 5.01. The Kier molecular flexibility index (Phi) is 4.18. The smallest absolute Gasteiger partial charge is 0.213 e. The molecule has 2 heterocycles. The first-order valence-corrected chi connectivity index (χ1v) is 9.99. The highest BCUT2D eigenvalue weighted by molar-refractivity contribution is 9.10. The Morgan fingerprint density at radius 2 is 1.78 bits per heavy atom. The van der Waals surface area contributed by atoms with E-state index in [9.17, 15) is 0 Å². The fourth-order valence-electron chi connectivity index (χ4n) is 3.71. The van der Waals surface area contributed by atoms with Gasteiger partial charge in [0.1, 0.15) is 5.75 Å². The molecule has 0 spiro atoms. The van der Waals surface area contributed by atoms with E-state index in [4.69, 9.17) is 21.4 Å². The molecule has 0 fully saturated rings. The van der Waals surface area contributed by atoms with Gasteiger partial charge in [0.25, 0.3) is 0 Å². The summed E-state index contributed by atoms with van der Waals surface area (Å²) >= 11 is 9.67. The van der Waals surface area contributed by atoms with Crippen molar-refractivity contribution in [3.05, 3.63) is 99.0 Å². The summed E-state index contributed by atoms with van der Waals surface area (Å²) < 4.78 is 7.41. The highest BCUT2D eigenvalue weighted by atomic mass is 79.9. The van der Waals surface area contributed by atoms with E-state index in [1.807, 2.05) is 54.6 Å². The topological polar surface area (TPSA) is 24.8 Å². The van der Waals surface area contributed by atoms with Crippen LogP contribution in [-0.4, -0.2) is 10.7 Å². The summed E-state index contributed by atoms with van der Waals surface area (Å²) in [6.45, 7) is 0. The Balaban J connectivity index is 1.61. The average molecular weight is 440 g/mol. The zero-order valence-electron chi connectivity index (χ0n) is 14.3. The number of hydrogen-bond acceptors (Lipinski definition) is 3. The Hall–Kier alpha value is -2.30. The Labute approximate surface area is 171 Å². The van der Waals surface area contributed by atoms with Crippen molar-refractivity contribution in [3.63, 3.8) is 0 Å². The van der Waals surface area contributed by atoms with Gasteiger partial charge in [-0.3, -0.25) is 0 Å². The third kappa shape index (κ3) is 3.03. The van der Waals surface area contributed by atoms with Crippen LogP contribution in [0.1, 0.15) is 35.4 Å². The summed E-state index contributed by atoms with van der Waals surface area (Å²) in [5.74, 6) is 0.906. The second-order valence-electron chi connectivity index (χ2n) is 6.72. The fourth-order valence-corrected chi connectivity index (χ4v) is 4.22. The minimum atomic E-state index is -0.276. The lowest BCUT2D eigenvalue weighted by Crippen LogP contribution is -2.33. The predicted octanol–water partition coefficient (Wildman–Crippen LogP) is 6.34. The summed E-state index contributed by atoms with van der Waals surface area (Å²) in [6.07, 6.45) is 0.572. The second kappa shape index (κ2) is 6.70. The number of hydrazone groups is 1. The first-order chi connectivity index (χ1) is 13.2. The van der Waals surface area contributed by atoms with Gasteiger partial charge >= 0.3 is 0 Å². The molecule has 0 saturated heterocycles. The van der Waals surface area contributed by atoms with Crippen molar-refractivity contribution in [2.45, 2.75) is 18.7 Å². The standard InChI is InChI=1S/C22H16BrClN2O/c23-16-8-11-21-18(12-16)20-13-19(14-4-2-1-3-5-14)25-26(20)22(27-21)15-6-9-17(24)10-7-15/h1-12,20,22H,13H2/t20-,22+/m1/s1. The van der Waals surface area contributed by atoms with Crippen molar-refractivity contribution in [2.75, 3.05) is 0 Å². The van der Waals surface area contributed by atoms with E-state index in [-0.39, 0.29) is 12.3 Å². The number of ether oxygens (including phenoxy) is 1. The van der Waals surface area contributed by atoms with Gasteiger partial charge in [-0.15, -0.1) is 0 Å². The van der Waals surface area contributed by atoms with E-state index >= 15 is 0 Å². The third-order valence-corrected chi connectivity index (χ3v) is 5.76. The number of fused-ring (bicyclic) bond motifs is 3. The normalized spacial score (nSPS) is 20.5. The molecule has 0 radical (unpaired) electrons. The number of benzene rings is 3. The maximum Gasteiger partial charge on any atom is 0.213 e. The number of hydrogen-bond donors (Lipinski definition) is 0. The summed E-state index contributed by atoms with van der Waals surface area (Å²) in [5.41, 5.74) is 4.43. The molecule has 134 valence electrons. The van der Waals surface area contributed by atoms with E-state index in [1.54, 1.807) is 0 Å². The maximum atomic E-state index is 6.37. The van der Waals surface area contributed by atoms with Crippen LogP contribution in [0, 0.1) is 0 Å². The van der Waals surface area contributed by atoms with Crippen molar-refractivity contribution in [1.82, 2.24) is 5.01 Å². The number of nitrogens with zero attached hydrogens (tertiary/aromatic N) is 2. The molecule has 5 heteroatoms. The maximum absolute atomic E-state index is 6.37. The molecule has 3 aromatic rings. The highest BCUT2D eigenvalue weighted by Gasteiger charge is 2.41. The number of rotatable bonds is 2. The van der Waals surface area contributed by atoms with Crippen LogP contribution in [-0.2, 0) is 0 Å². The van der Waals surface area contributed by atoms with Crippen LogP contribution in [0.15, 0.2) is 82.4 Å². The van der Waals surface area contributed by atoms with Crippen molar-refractivity contribution < 1.29 is 4.74 Å². The van der Waals surface area contributed by atoms with Crippen molar-refractivity contribution in [1.29, 1.82) is 0 Å². The summed E-state index contributed by atoms with van der Waals surface area (Å²) in [4.78, 5) is 0. The SMILES string of the molecule is Clc1ccc([C@@H]2Oc3ccc(Br)cc3[C@H]3CC(c4ccccc4)=NN32)cc1. The largest absolute Gasteiger partial charge is 0.464 e. The van der Waals surface area contributed by atoms with Crippen LogP contribution in [0.5, 0.6) is 5.75 Å². The molecule has 0 aromatic heterocycles. The molecule has 3 nitrogen and oxygen atoms in total. The van der Waals surface area contributed by atoms with Crippen LogP contribution < -0.4 is 4.74 Å². The van der Waals surface area contributed by atoms with E-state index in [1.165, 1.54) is 0 Å². The van der Waals surface area contributed by atoms with Crippen LogP contribution in [0.2, 0.25) is 5.02 Å². The van der Waals surface area contributed by atoms with Crippen LogP contribution in [0.25, 0.3) is 0 Å². The fraction of sp³-hybridized carbons (Fsp3) is 0.136. The lowest BCUT2D eigenvalue weighted by molar-refractivity contribution is -0.0190. The molecular formula is C22H16BrClN2O. The van der Waals surface area contributed by atoms with E-state index in [0.29, 0.717) is 5.02 Å². The van der Waals surface area contributed by atoms with Crippen molar-refractivity contribution in [2.24, 2.45) is 5.10 Å². The van der Waals surface area contributed by atoms with Gasteiger partial charge in [-0.2, -0.15) is 5.10 Å². The zero-order chi connectivity index (χ0) is 18.4. The van der Waals surface area contributed by atoms with Gasteiger partial charge in [-0.1, -0.05) is 70.0 Å². The lowest BCUT2D eigenvalue weighted by Gasteiger charge is -2.38. The molecule has 3 aromatic carbocycles. The summed E-state index contributed by atoms with van der Waals surface area (Å²) in [7, 11) is 0. The molecule has 0 amide bonds. The molecule has 5 rings (SSSR count). The quantitative estimate of drug-likeness (QED) is 0.465. The monoisotopic (exact) mass is 438 g/mol. The van der Waals surface area contributed by atoms with Gasteiger partial charge in [-0.05, 0) is 35.9 Å². The van der Waals surface area contributed by atoms with Crippen molar-refractivity contribution >= 4 is 33.2 Å². The lowest BCUT2D eigenvalue weighted by atomic mass is 9.96. The van der Waals surface area contributed by atoms with Gasteiger partial charge in [0, 0.05) is 27.0 Å². The molecule has 0 saturated carbocycles. The average Bonchev–Trinajstić information content (AvgIpc) is 3.15. The van der Waals surface area contributed by atoms with Gasteiger partial charge in [0.05, 0.1) is 11.8 Å². The van der Waals surface area contributed by atoms with Crippen LogP contribution >= 0.6 is 27.5 Å². The molecule has 0 bridgehead atoms. The molecule has 0 N–H and O–H groups in total. The minimum absolute atomic E-state index is 0.141. The highest BCUT2D eigenvalue weighted by Crippen LogP contribution is 2.48. The first kappa shape index (κ1) is 16.8. The van der Waals surface area contributed by atoms with Crippen molar-refractivity contribution in [3.8, 4) is 5.75 Å².